The number of pyridine rings is 2. The SMILES string of the molecule is Cc1c(-c2ccccn2)nn(-c2ccccn2)c1N. The fraction of sp³-hybridized carbons (Fsp3) is 0.0714. The van der Waals surface area contributed by atoms with Gasteiger partial charge in [0.05, 0.1) is 5.69 Å². The fourth-order valence-corrected chi connectivity index (χ4v) is 1.91. The number of nitrogens with zero attached hydrogens (tertiary/aromatic N) is 4. The summed E-state index contributed by atoms with van der Waals surface area (Å²) in [6.45, 7) is 1.94. The Balaban J connectivity index is 2.16. The van der Waals surface area contributed by atoms with Gasteiger partial charge in [0, 0.05) is 18.0 Å². The van der Waals surface area contributed by atoms with Crippen LogP contribution in [0.1, 0.15) is 5.56 Å². The van der Waals surface area contributed by atoms with Gasteiger partial charge in [-0.1, -0.05) is 12.1 Å². The van der Waals surface area contributed by atoms with Gasteiger partial charge in [0.25, 0.3) is 0 Å². The summed E-state index contributed by atoms with van der Waals surface area (Å²) in [4.78, 5) is 8.56. The molecule has 0 atom stereocenters. The zero-order valence-electron chi connectivity index (χ0n) is 10.5. The maximum absolute atomic E-state index is 6.11. The molecule has 0 aliphatic rings. The Bertz CT molecular complexity index is 629. The highest BCUT2D eigenvalue weighted by Gasteiger charge is 2.15. The molecule has 0 bridgehead atoms. The predicted molar refractivity (Wildman–Crippen MR) is 73.7 cm³/mol. The summed E-state index contributed by atoms with van der Waals surface area (Å²) in [5.41, 5.74) is 8.60. The zero-order chi connectivity index (χ0) is 13.2. The van der Waals surface area contributed by atoms with E-state index in [1.165, 1.54) is 0 Å². The van der Waals surface area contributed by atoms with Crippen molar-refractivity contribution in [1.82, 2.24) is 19.7 Å². The highest BCUT2D eigenvalue weighted by molar-refractivity contribution is 5.65. The molecule has 19 heavy (non-hydrogen) atoms. The lowest BCUT2D eigenvalue weighted by Crippen LogP contribution is -2.03. The highest BCUT2D eigenvalue weighted by Crippen LogP contribution is 2.26. The minimum atomic E-state index is 0.583. The van der Waals surface area contributed by atoms with Gasteiger partial charge in [-0.3, -0.25) is 4.98 Å². The first-order chi connectivity index (χ1) is 9.27. The van der Waals surface area contributed by atoms with Gasteiger partial charge in [0.1, 0.15) is 11.5 Å². The number of nitrogen functional groups attached to an aromatic ring is 1. The van der Waals surface area contributed by atoms with Gasteiger partial charge in [-0.15, -0.1) is 0 Å². The Morgan fingerprint density at radius 3 is 2.37 bits per heavy atom. The summed E-state index contributed by atoms with van der Waals surface area (Å²) in [7, 11) is 0. The molecule has 0 saturated heterocycles. The summed E-state index contributed by atoms with van der Waals surface area (Å²) in [6.07, 6.45) is 3.46. The molecular weight excluding hydrogens is 238 g/mol. The third kappa shape index (κ3) is 1.95. The van der Waals surface area contributed by atoms with Gasteiger partial charge in [-0.25, -0.2) is 4.98 Å². The van der Waals surface area contributed by atoms with Crippen LogP contribution in [0.3, 0.4) is 0 Å². The van der Waals surface area contributed by atoms with Crippen molar-refractivity contribution < 1.29 is 0 Å². The molecule has 0 aromatic carbocycles. The molecule has 3 aromatic heterocycles. The molecule has 0 aliphatic carbocycles. The van der Waals surface area contributed by atoms with E-state index in [0.29, 0.717) is 11.6 Å². The van der Waals surface area contributed by atoms with E-state index in [0.717, 1.165) is 17.0 Å². The molecule has 0 amide bonds. The van der Waals surface area contributed by atoms with Gasteiger partial charge in [-0.05, 0) is 31.2 Å². The second-order valence-electron chi connectivity index (χ2n) is 4.17. The van der Waals surface area contributed by atoms with Gasteiger partial charge in [0.15, 0.2) is 5.82 Å². The Hall–Kier alpha value is -2.69. The van der Waals surface area contributed by atoms with Crippen molar-refractivity contribution in [2.24, 2.45) is 0 Å². The van der Waals surface area contributed by atoms with Crippen LogP contribution in [0, 0.1) is 6.92 Å². The van der Waals surface area contributed by atoms with E-state index in [1.807, 2.05) is 43.3 Å². The largest absolute Gasteiger partial charge is 0.383 e. The molecule has 94 valence electrons. The minimum Gasteiger partial charge on any atom is -0.383 e. The highest BCUT2D eigenvalue weighted by atomic mass is 15.3. The molecular formula is C14H13N5. The van der Waals surface area contributed by atoms with Crippen molar-refractivity contribution in [1.29, 1.82) is 0 Å². The van der Waals surface area contributed by atoms with Crippen molar-refractivity contribution in [3.63, 3.8) is 0 Å². The number of aromatic nitrogens is 4. The van der Waals surface area contributed by atoms with Gasteiger partial charge in [0.2, 0.25) is 0 Å². The van der Waals surface area contributed by atoms with Crippen molar-refractivity contribution in [3.05, 3.63) is 54.4 Å². The van der Waals surface area contributed by atoms with E-state index >= 15 is 0 Å². The van der Waals surface area contributed by atoms with Gasteiger partial charge < -0.3 is 5.73 Å². The maximum atomic E-state index is 6.11. The van der Waals surface area contributed by atoms with Crippen LogP contribution >= 0.6 is 0 Å². The third-order valence-corrected chi connectivity index (χ3v) is 2.94. The average molecular weight is 251 g/mol. The maximum Gasteiger partial charge on any atom is 0.155 e. The van der Waals surface area contributed by atoms with Crippen LogP contribution < -0.4 is 5.73 Å². The fourth-order valence-electron chi connectivity index (χ4n) is 1.91. The summed E-state index contributed by atoms with van der Waals surface area (Å²) in [5, 5.41) is 4.52. The average Bonchev–Trinajstić information content (AvgIpc) is 2.77. The van der Waals surface area contributed by atoms with Crippen molar-refractivity contribution in [3.8, 4) is 17.2 Å². The van der Waals surface area contributed by atoms with Crippen LogP contribution in [0.2, 0.25) is 0 Å². The van der Waals surface area contributed by atoms with E-state index in [-0.39, 0.29) is 0 Å². The molecule has 0 unspecified atom stereocenters. The van der Waals surface area contributed by atoms with Crippen molar-refractivity contribution in [2.45, 2.75) is 6.92 Å². The smallest absolute Gasteiger partial charge is 0.155 e. The van der Waals surface area contributed by atoms with Crippen LogP contribution in [-0.4, -0.2) is 19.7 Å². The quantitative estimate of drug-likeness (QED) is 0.758. The summed E-state index contributed by atoms with van der Waals surface area (Å²) >= 11 is 0. The molecule has 0 aliphatic heterocycles. The molecule has 3 aromatic rings. The molecule has 0 radical (unpaired) electrons. The van der Waals surface area contributed by atoms with E-state index in [4.69, 9.17) is 5.73 Å². The molecule has 0 spiro atoms. The normalized spacial score (nSPS) is 10.6. The van der Waals surface area contributed by atoms with Crippen molar-refractivity contribution in [2.75, 3.05) is 5.73 Å². The van der Waals surface area contributed by atoms with E-state index in [9.17, 15) is 0 Å². The Morgan fingerprint density at radius 2 is 1.74 bits per heavy atom. The summed E-state index contributed by atoms with van der Waals surface area (Å²) in [6, 6.07) is 11.3. The lowest BCUT2D eigenvalue weighted by molar-refractivity contribution is 0.859. The molecule has 5 nitrogen and oxygen atoms in total. The minimum absolute atomic E-state index is 0.583. The second kappa shape index (κ2) is 4.53. The molecule has 0 saturated carbocycles. The summed E-state index contributed by atoms with van der Waals surface area (Å²) in [5.74, 6) is 1.28. The lowest BCUT2D eigenvalue weighted by atomic mass is 10.2. The third-order valence-electron chi connectivity index (χ3n) is 2.94. The van der Waals surface area contributed by atoms with Crippen LogP contribution in [0.5, 0.6) is 0 Å². The predicted octanol–water partition coefficient (Wildman–Crippen LogP) is 2.22. The molecule has 3 rings (SSSR count). The number of rotatable bonds is 2. The first-order valence-electron chi connectivity index (χ1n) is 5.95. The van der Waals surface area contributed by atoms with Crippen LogP contribution in [0.15, 0.2) is 48.8 Å². The zero-order valence-corrected chi connectivity index (χ0v) is 10.5. The van der Waals surface area contributed by atoms with Crippen LogP contribution in [0.4, 0.5) is 5.82 Å². The molecule has 3 heterocycles. The van der Waals surface area contributed by atoms with E-state index < -0.39 is 0 Å². The Morgan fingerprint density at radius 1 is 1.00 bits per heavy atom. The first kappa shape index (κ1) is 11.4. The number of hydrogen-bond acceptors (Lipinski definition) is 4. The standard InChI is InChI=1S/C14H13N5/c1-10-13(11-6-2-4-8-16-11)18-19(14(10)15)12-7-3-5-9-17-12/h2-9H,15H2,1H3. The summed E-state index contributed by atoms with van der Waals surface area (Å²) < 4.78 is 1.64. The molecule has 5 heteroatoms. The van der Waals surface area contributed by atoms with Crippen molar-refractivity contribution >= 4 is 5.82 Å². The molecule has 0 fully saturated rings. The van der Waals surface area contributed by atoms with E-state index in [1.54, 1.807) is 17.1 Å². The second-order valence-corrected chi connectivity index (χ2v) is 4.17. The Labute approximate surface area is 110 Å². The first-order valence-corrected chi connectivity index (χ1v) is 5.95. The van der Waals surface area contributed by atoms with Crippen LogP contribution in [0.25, 0.3) is 17.2 Å². The molecule has 2 N–H and O–H groups in total. The number of anilines is 1. The van der Waals surface area contributed by atoms with Gasteiger partial charge >= 0.3 is 0 Å². The van der Waals surface area contributed by atoms with Gasteiger partial charge in [-0.2, -0.15) is 9.78 Å². The lowest BCUT2D eigenvalue weighted by Gasteiger charge is -2.01. The topological polar surface area (TPSA) is 69.6 Å². The monoisotopic (exact) mass is 251 g/mol. The van der Waals surface area contributed by atoms with E-state index in [2.05, 4.69) is 15.1 Å². The number of hydrogen-bond donors (Lipinski definition) is 1. The van der Waals surface area contributed by atoms with Crippen LogP contribution in [-0.2, 0) is 0 Å². The number of nitrogens with two attached hydrogens (primary N) is 1. The Kier molecular flexibility index (Phi) is 2.72.